The van der Waals surface area contributed by atoms with E-state index >= 15 is 0 Å². The van der Waals surface area contributed by atoms with Crippen LogP contribution in [-0.4, -0.2) is 41.6 Å². The van der Waals surface area contributed by atoms with Gasteiger partial charge < -0.3 is 14.7 Å². The summed E-state index contributed by atoms with van der Waals surface area (Å²) >= 11 is 3.38. The van der Waals surface area contributed by atoms with Gasteiger partial charge in [-0.25, -0.2) is 0 Å². The molecular weight excluding hydrogens is 362 g/mol. The molecule has 1 saturated heterocycles. The van der Waals surface area contributed by atoms with Gasteiger partial charge in [0.2, 0.25) is 0 Å². The molecule has 23 heavy (non-hydrogen) atoms. The summed E-state index contributed by atoms with van der Waals surface area (Å²) in [6, 6.07) is 5.35. The van der Waals surface area contributed by atoms with Gasteiger partial charge in [-0.2, -0.15) is 0 Å². The number of ether oxygens (including phenoxy) is 1. The molecule has 0 radical (unpaired) electrons. The number of likely N-dealkylation sites (tertiary alicyclic amines) is 1. The van der Waals surface area contributed by atoms with Crippen LogP contribution in [0.4, 0.5) is 0 Å². The van der Waals surface area contributed by atoms with Crippen molar-refractivity contribution in [2.45, 2.75) is 26.7 Å². The van der Waals surface area contributed by atoms with Gasteiger partial charge in [0.1, 0.15) is 5.75 Å². The predicted molar refractivity (Wildman–Crippen MR) is 90.7 cm³/mol. The summed E-state index contributed by atoms with van der Waals surface area (Å²) in [5, 5.41) is 9.18. The maximum atomic E-state index is 12.8. The van der Waals surface area contributed by atoms with E-state index in [1.807, 2.05) is 19.9 Å². The number of amides is 1. The Kier molecular flexibility index (Phi) is 6.04. The third-order valence-corrected chi connectivity index (χ3v) is 4.30. The number of carbonyl (C=O) groups excluding carboxylic acids is 1. The highest BCUT2D eigenvalue weighted by atomic mass is 79.9. The molecule has 1 fully saturated rings. The third kappa shape index (κ3) is 4.70. The Morgan fingerprint density at radius 1 is 1.43 bits per heavy atom. The van der Waals surface area contributed by atoms with E-state index in [0.717, 1.165) is 4.47 Å². The summed E-state index contributed by atoms with van der Waals surface area (Å²) in [6.45, 7) is 5.45. The second kappa shape index (κ2) is 7.81. The van der Waals surface area contributed by atoms with Crippen molar-refractivity contribution in [2.24, 2.45) is 11.8 Å². The van der Waals surface area contributed by atoms with Gasteiger partial charge in [0.15, 0.2) is 0 Å². The third-order valence-electron chi connectivity index (χ3n) is 3.80. The fraction of sp³-hybridized carbons (Fsp3) is 0.529. The van der Waals surface area contributed by atoms with Crippen LogP contribution in [0, 0.1) is 11.8 Å². The zero-order chi connectivity index (χ0) is 17.0. The van der Waals surface area contributed by atoms with Crippen molar-refractivity contribution in [1.29, 1.82) is 0 Å². The minimum atomic E-state index is -0.840. The lowest BCUT2D eigenvalue weighted by Gasteiger charge is -2.31. The Morgan fingerprint density at radius 3 is 2.83 bits per heavy atom. The highest BCUT2D eigenvalue weighted by molar-refractivity contribution is 9.10. The molecule has 1 unspecified atom stereocenters. The van der Waals surface area contributed by atoms with Crippen molar-refractivity contribution in [3.63, 3.8) is 0 Å². The highest BCUT2D eigenvalue weighted by Gasteiger charge is 2.30. The van der Waals surface area contributed by atoms with Crippen molar-refractivity contribution >= 4 is 27.8 Å². The van der Waals surface area contributed by atoms with Gasteiger partial charge >= 0.3 is 5.97 Å². The number of nitrogens with zero attached hydrogens (tertiary/aromatic N) is 1. The molecule has 5 nitrogen and oxygen atoms in total. The van der Waals surface area contributed by atoms with Gasteiger partial charge in [0.25, 0.3) is 5.91 Å². The summed E-state index contributed by atoms with van der Waals surface area (Å²) in [7, 11) is 0. The van der Waals surface area contributed by atoms with Crippen molar-refractivity contribution in [2.75, 3.05) is 19.7 Å². The lowest BCUT2D eigenvalue weighted by Crippen LogP contribution is -2.42. The predicted octanol–water partition coefficient (Wildman–Crippen LogP) is 3.42. The first kappa shape index (κ1) is 17.8. The minimum absolute atomic E-state index is 0.170. The average molecular weight is 384 g/mol. The fourth-order valence-corrected chi connectivity index (χ4v) is 2.95. The summed E-state index contributed by atoms with van der Waals surface area (Å²) in [5.74, 6) is -0.596. The largest absolute Gasteiger partial charge is 0.492 e. The Morgan fingerprint density at radius 2 is 2.17 bits per heavy atom. The molecule has 0 bridgehead atoms. The molecule has 126 valence electrons. The molecule has 0 spiro atoms. The van der Waals surface area contributed by atoms with Crippen LogP contribution >= 0.6 is 15.9 Å². The van der Waals surface area contributed by atoms with Gasteiger partial charge in [-0.15, -0.1) is 0 Å². The van der Waals surface area contributed by atoms with Crippen molar-refractivity contribution in [3.8, 4) is 5.75 Å². The molecule has 1 aromatic rings. The topological polar surface area (TPSA) is 66.8 Å². The second-order valence-electron chi connectivity index (χ2n) is 6.27. The quantitative estimate of drug-likeness (QED) is 0.845. The van der Waals surface area contributed by atoms with Gasteiger partial charge in [-0.3, -0.25) is 9.59 Å². The van der Waals surface area contributed by atoms with Crippen molar-refractivity contribution in [1.82, 2.24) is 4.90 Å². The first-order valence-electron chi connectivity index (χ1n) is 7.83. The van der Waals surface area contributed by atoms with Crippen LogP contribution in [0.25, 0.3) is 0 Å². The first-order valence-corrected chi connectivity index (χ1v) is 8.62. The number of carbonyl (C=O) groups is 2. The number of carboxylic acid groups (broad SMARTS) is 1. The number of benzene rings is 1. The van der Waals surface area contributed by atoms with E-state index in [4.69, 9.17) is 4.74 Å². The Bertz CT molecular complexity index is 588. The molecule has 0 saturated carbocycles. The van der Waals surface area contributed by atoms with Crippen LogP contribution in [0.3, 0.4) is 0 Å². The van der Waals surface area contributed by atoms with E-state index in [0.29, 0.717) is 43.2 Å². The number of carboxylic acids is 1. The maximum absolute atomic E-state index is 12.8. The maximum Gasteiger partial charge on any atom is 0.308 e. The average Bonchev–Trinajstić information content (AvgIpc) is 2.53. The van der Waals surface area contributed by atoms with E-state index in [1.165, 1.54) is 0 Å². The minimum Gasteiger partial charge on any atom is -0.492 e. The van der Waals surface area contributed by atoms with E-state index < -0.39 is 11.9 Å². The zero-order valence-corrected chi connectivity index (χ0v) is 15.0. The molecule has 2 rings (SSSR count). The summed E-state index contributed by atoms with van der Waals surface area (Å²) in [5.41, 5.74) is 0.478. The molecular formula is C17H22BrNO4. The molecule has 1 aromatic carbocycles. The van der Waals surface area contributed by atoms with Crippen molar-refractivity contribution < 1.29 is 19.4 Å². The van der Waals surface area contributed by atoms with Crippen LogP contribution < -0.4 is 4.74 Å². The second-order valence-corrected chi connectivity index (χ2v) is 7.19. The van der Waals surface area contributed by atoms with Crippen LogP contribution in [0.5, 0.6) is 5.75 Å². The lowest BCUT2D eigenvalue weighted by molar-refractivity contribution is -0.143. The van der Waals surface area contributed by atoms with Gasteiger partial charge in [-0.05, 0) is 37.0 Å². The Balaban J connectivity index is 2.20. The Labute approximate surface area is 144 Å². The van der Waals surface area contributed by atoms with Gasteiger partial charge in [0, 0.05) is 17.6 Å². The molecule has 0 aromatic heterocycles. The van der Waals surface area contributed by atoms with Gasteiger partial charge in [0.05, 0.1) is 18.1 Å². The summed E-state index contributed by atoms with van der Waals surface area (Å²) < 4.78 is 6.55. The Hall–Kier alpha value is -1.56. The van der Waals surface area contributed by atoms with E-state index in [9.17, 15) is 14.7 Å². The van der Waals surface area contributed by atoms with Crippen LogP contribution in [0.15, 0.2) is 22.7 Å². The van der Waals surface area contributed by atoms with E-state index in [-0.39, 0.29) is 12.5 Å². The number of hydrogen-bond acceptors (Lipinski definition) is 3. The summed E-state index contributed by atoms with van der Waals surface area (Å²) in [6.07, 6.45) is 1.33. The number of hydrogen-bond donors (Lipinski definition) is 1. The monoisotopic (exact) mass is 383 g/mol. The molecule has 1 atom stereocenters. The SMILES string of the molecule is CC(C)COc1ccc(Br)cc1C(=O)N1CCCC(C(=O)O)C1. The molecule has 6 heteroatoms. The highest BCUT2D eigenvalue weighted by Crippen LogP contribution is 2.27. The molecule has 1 amide bonds. The normalized spacial score (nSPS) is 18.1. The van der Waals surface area contributed by atoms with E-state index in [1.54, 1.807) is 17.0 Å². The molecule has 1 aliphatic rings. The molecule has 0 aliphatic carbocycles. The zero-order valence-electron chi connectivity index (χ0n) is 13.4. The van der Waals surface area contributed by atoms with Gasteiger partial charge in [-0.1, -0.05) is 29.8 Å². The van der Waals surface area contributed by atoms with Crippen LogP contribution in [-0.2, 0) is 4.79 Å². The van der Waals surface area contributed by atoms with Crippen LogP contribution in [0.1, 0.15) is 37.0 Å². The molecule has 1 aliphatic heterocycles. The number of aliphatic carboxylic acids is 1. The lowest BCUT2D eigenvalue weighted by atomic mass is 9.97. The number of rotatable bonds is 5. The van der Waals surface area contributed by atoms with E-state index in [2.05, 4.69) is 15.9 Å². The molecule has 1 heterocycles. The smallest absolute Gasteiger partial charge is 0.308 e. The van der Waals surface area contributed by atoms with Crippen molar-refractivity contribution in [3.05, 3.63) is 28.2 Å². The standard InChI is InChI=1S/C17H22BrNO4/c1-11(2)10-23-15-6-5-13(18)8-14(15)16(20)19-7-3-4-12(9-19)17(21)22/h5-6,8,11-12H,3-4,7,9-10H2,1-2H3,(H,21,22). The fourth-order valence-electron chi connectivity index (χ4n) is 2.59. The number of halogens is 1. The number of piperidine rings is 1. The van der Waals surface area contributed by atoms with Crippen LogP contribution in [0.2, 0.25) is 0 Å². The molecule has 1 N–H and O–H groups in total. The summed E-state index contributed by atoms with van der Waals surface area (Å²) in [4.78, 5) is 25.6. The first-order chi connectivity index (χ1) is 10.9.